The molecule has 15 heavy (non-hydrogen) atoms. The molecule has 0 N–H and O–H groups in total. The summed E-state index contributed by atoms with van der Waals surface area (Å²) in [6.07, 6.45) is 3.86. The van der Waals surface area contributed by atoms with Crippen LogP contribution in [-0.4, -0.2) is 49.8 Å². The second-order valence-electron chi connectivity index (χ2n) is 4.14. The van der Waals surface area contributed by atoms with E-state index < -0.39 is 0 Å². The predicted octanol–water partition coefficient (Wildman–Crippen LogP) is 1.11. The third kappa shape index (κ3) is 6.94. The Morgan fingerprint density at radius 2 is 1.07 bits per heavy atom. The van der Waals surface area contributed by atoms with E-state index in [0.29, 0.717) is 12.8 Å². The molecule has 0 aliphatic carbocycles. The molecule has 0 fully saturated rings. The molecule has 0 saturated heterocycles. The summed E-state index contributed by atoms with van der Waals surface area (Å²) in [5.74, 6) is 0.322. The van der Waals surface area contributed by atoms with E-state index in [-0.39, 0.29) is 11.8 Å². The summed E-state index contributed by atoms with van der Waals surface area (Å²) in [6.45, 7) is 0. The average Bonchev–Trinajstić information content (AvgIpc) is 2.16. The lowest BCUT2D eigenvalue weighted by molar-refractivity contribution is -0.129. The number of rotatable bonds is 6. The van der Waals surface area contributed by atoms with Crippen molar-refractivity contribution >= 4 is 11.8 Å². The van der Waals surface area contributed by atoms with Crippen LogP contribution >= 0.6 is 0 Å². The maximum atomic E-state index is 11.2. The molecule has 0 rings (SSSR count). The summed E-state index contributed by atoms with van der Waals surface area (Å²) in [6, 6.07) is 0. The van der Waals surface area contributed by atoms with Crippen LogP contribution in [0.5, 0.6) is 0 Å². The van der Waals surface area contributed by atoms with Crippen molar-refractivity contribution in [3.8, 4) is 0 Å². The molecule has 0 aliphatic rings. The van der Waals surface area contributed by atoms with Crippen LogP contribution in [-0.2, 0) is 9.59 Å². The molecular formula is C11H22N2O2. The Bertz CT molecular complexity index is 191. The summed E-state index contributed by atoms with van der Waals surface area (Å²) in [7, 11) is 7.05. The van der Waals surface area contributed by atoms with Crippen molar-refractivity contribution in [3.05, 3.63) is 0 Å². The molecule has 4 heteroatoms. The van der Waals surface area contributed by atoms with Crippen molar-refractivity contribution in [2.75, 3.05) is 28.2 Å². The molecule has 0 saturated carbocycles. The van der Waals surface area contributed by atoms with E-state index in [1.54, 1.807) is 38.0 Å². The first-order chi connectivity index (χ1) is 6.95. The van der Waals surface area contributed by atoms with Gasteiger partial charge in [0.2, 0.25) is 11.8 Å². The van der Waals surface area contributed by atoms with Crippen LogP contribution in [0.4, 0.5) is 0 Å². The van der Waals surface area contributed by atoms with Crippen LogP contribution in [0.15, 0.2) is 0 Å². The van der Waals surface area contributed by atoms with Gasteiger partial charge in [-0.15, -0.1) is 0 Å². The van der Waals surface area contributed by atoms with Crippen LogP contribution in [0, 0.1) is 0 Å². The molecule has 0 spiro atoms. The standard InChI is InChI=1S/C11H22N2O2/c1-12(2)10(14)8-6-5-7-9-11(15)13(3)4/h5-9H2,1-4H3. The Labute approximate surface area is 92.2 Å². The van der Waals surface area contributed by atoms with Gasteiger partial charge in [-0.3, -0.25) is 9.59 Å². The predicted molar refractivity (Wildman–Crippen MR) is 60.5 cm³/mol. The van der Waals surface area contributed by atoms with Gasteiger partial charge in [0, 0.05) is 41.0 Å². The van der Waals surface area contributed by atoms with Crippen LogP contribution in [0.3, 0.4) is 0 Å². The highest BCUT2D eigenvalue weighted by Gasteiger charge is 2.05. The van der Waals surface area contributed by atoms with Gasteiger partial charge >= 0.3 is 0 Å². The van der Waals surface area contributed by atoms with Gasteiger partial charge in [-0.05, 0) is 12.8 Å². The fourth-order valence-corrected chi connectivity index (χ4v) is 1.18. The van der Waals surface area contributed by atoms with Crippen LogP contribution in [0.1, 0.15) is 32.1 Å². The first-order valence-corrected chi connectivity index (χ1v) is 5.35. The number of nitrogens with zero attached hydrogens (tertiary/aromatic N) is 2. The van der Waals surface area contributed by atoms with Crippen molar-refractivity contribution in [3.63, 3.8) is 0 Å². The number of carbonyl (C=O) groups is 2. The highest BCUT2D eigenvalue weighted by molar-refractivity contribution is 5.76. The van der Waals surface area contributed by atoms with Gasteiger partial charge < -0.3 is 9.80 Å². The zero-order valence-electron chi connectivity index (χ0n) is 10.2. The topological polar surface area (TPSA) is 40.6 Å². The lowest BCUT2D eigenvalue weighted by Crippen LogP contribution is -2.21. The van der Waals surface area contributed by atoms with E-state index in [9.17, 15) is 9.59 Å². The summed E-state index contributed by atoms with van der Waals surface area (Å²) in [4.78, 5) is 25.6. The van der Waals surface area contributed by atoms with Gasteiger partial charge in [0.25, 0.3) is 0 Å². The Morgan fingerprint density at radius 3 is 1.33 bits per heavy atom. The van der Waals surface area contributed by atoms with Gasteiger partial charge in [0.05, 0.1) is 0 Å². The van der Waals surface area contributed by atoms with Gasteiger partial charge in [0.1, 0.15) is 0 Å². The minimum atomic E-state index is 0.161. The average molecular weight is 214 g/mol. The van der Waals surface area contributed by atoms with Crippen molar-refractivity contribution < 1.29 is 9.59 Å². The molecule has 0 radical (unpaired) electrons. The summed E-state index contributed by atoms with van der Waals surface area (Å²) in [5, 5.41) is 0. The molecule has 88 valence electrons. The fraction of sp³-hybridized carbons (Fsp3) is 0.818. The van der Waals surface area contributed by atoms with Gasteiger partial charge in [0.15, 0.2) is 0 Å². The van der Waals surface area contributed by atoms with Crippen molar-refractivity contribution in [1.29, 1.82) is 0 Å². The maximum absolute atomic E-state index is 11.2. The molecule has 0 bridgehead atoms. The molecule has 2 amide bonds. The van der Waals surface area contributed by atoms with E-state index in [1.165, 1.54) is 0 Å². The molecular weight excluding hydrogens is 192 g/mol. The Morgan fingerprint density at radius 1 is 0.733 bits per heavy atom. The number of amides is 2. The van der Waals surface area contributed by atoms with E-state index in [0.717, 1.165) is 19.3 Å². The molecule has 4 nitrogen and oxygen atoms in total. The van der Waals surface area contributed by atoms with Gasteiger partial charge in [-0.2, -0.15) is 0 Å². The van der Waals surface area contributed by atoms with Crippen LogP contribution < -0.4 is 0 Å². The second-order valence-corrected chi connectivity index (χ2v) is 4.14. The van der Waals surface area contributed by atoms with Gasteiger partial charge in [-0.1, -0.05) is 6.42 Å². The summed E-state index contributed by atoms with van der Waals surface area (Å²) >= 11 is 0. The van der Waals surface area contributed by atoms with Crippen LogP contribution in [0.2, 0.25) is 0 Å². The van der Waals surface area contributed by atoms with Crippen molar-refractivity contribution in [2.45, 2.75) is 32.1 Å². The Hall–Kier alpha value is -1.06. The number of unbranched alkanes of at least 4 members (excludes halogenated alkanes) is 2. The fourth-order valence-electron chi connectivity index (χ4n) is 1.18. The molecule has 0 aromatic heterocycles. The quantitative estimate of drug-likeness (QED) is 0.621. The van der Waals surface area contributed by atoms with E-state index >= 15 is 0 Å². The lowest BCUT2D eigenvalue weighted by atomic mass is 10.1. The first kappa shape index (κ1) is 13.9. The lowest BCUT2D eigenvalue weighted by Gasteiger charge is -2.11. The largest absolute Gasteiger partial charge is 0.349 e. The maximum Gasteiger partial charge on any atom is 0.222 e. The minimum Gasteiger partial charge on any atom is -0.349 e. The number of carbonyl (C=O) groups excluding carboxylic acids is 2. The van der Waals surface area contributed by atoms with Crippen molar-refractivity contribution in [2.24, 2.45) is 0 Å². The summed E-state index contributed by atoms with van der Waals surface area (Å²) in [5.41, 5.74) is 0. The minimum absolute atomic E-state index is 0.161. The number of hydrogen-bond acceptors (Lipinski definition) is 2. The SMILES string of the molecule is CN(C)C(=O)CCCCCC(=O)N(C)C. The second kappa shape index (κ2) is 7.26. The molecule has 0 unspecified atom stereocenters. The Kier molecular flexibility index (Phi) is 6.75. The summed E-state index contributed by atoms with van der Waals surface area (Å²) < 4.78 is 0. The van der Waals surface area contributed by atoms with Gasteiger partial charge in [-0.25, -0.2) is 0 Å². The van der Waals surface area contributed by atoms with E-state index in [2.05, 4.69) is 0 Å². The molecule has 0 aromatic rings. The monoisotopic (exact) mass is 214 g/mol. The normalized spacial score (nSPS) is 9.87. The van der Waals surface area contributed by atoms with Crippen molar-refractivity contribution in [1.82, 2.24) is 9.80 Å². The third-order valence-electron chi connectivity index (χ3n) is 2.28. The molecule has 0 aliphatic heterocycles. The Balaban J connectivity index is 3.40. The molecule has 0 atom stereocenters. The zero-order chi connectivity index (χ0) is 11.8. The third-order valence-corrected chi connectivity index (χ3v) is 2.28. The number of hydrogen-bond donors (Lipinski definition) is 0. The first-order valence-electron chi connectivity index (χ1n) is 5.35. The smallest absolute Gasteiger partial charge is 0.222 e. The zero-order valence-corrected chi connectivity index (χ0v) is 10.2. The highest BCUT2D eigenvalue weighted by atomic mass is 16.2. The van der Waals surface area contributed by atoms with E-state index in [4.69, 9.17) is 0 Å². The molecule has 0 heterocycles. The van der Waals surface area contributed by atoms with E-state index in [1.807, 2.05) is 0 Å². The highest BCUT2D eigenvalue weighted by Crippen LogP contribution is 2.05. The van der Waals surface area contributed by atoms with Crippen LogP contribution in [0.25, 0.3) is 0 Å². The molecule has 0 aromatic carbocycles.